The van der Waals surface area contributed by atoms with Crippen LogP contribution in [0.5, 0.6) is 0 Å². The zero-order chi connectivity index (χ0) is 16.2. The number of allylic oxidation sites excluding steroid dienone is 1. The zero-order valence-electron chi connectivity index (χ0n) is 12.3. The molecule has 1 aliphatic carbocycles. The van der Waals surface area contributed by atoms with Gasteiger partial charge in [0.25, 0.3) is 0 Å². The number of rotatable bonds is 4. The number of anilines is 1. The molecule has 1 unspecified atom stereocenters. The van der Waals surface area contributed by atoms with E-state index in [-0.39, 0.29) is 22.4 Å². The summed E-state index contributed by atoms with van der Waals surface area (Å²) < 4.78 is 37.3. The summed E-state index contributed by atoms with van der Waals surface area (Å²) in [5.74, 6) is -0.828. The number of urea groups is 1. The monoisotopic (exact) mass is 326 g/mol. The number of hydrogen-bond donors (Lipinski definition) is 2. The predicted molar refractivity (Wildman–Crippen MR) is 83.1 cm³/mol. The van der Waals surface area contributed by atoms with Crippen LogP contribution in [0.25, 0.3) is 0 Å². The topological polar surface area (TPSA) is 75.3 Å². The van der Waals surface area contributed by atoms with Crippen LogP contribution in [0.4, 0.5) is 14.9 Å². The first-order valence-corrected chi connectivity index (χ1v) is 8.84. The van der Waals surface area contributed by atoms with E-state index in [4.69, 9.17) is 0 Å². The van der Waals surface area contributed by atoms with Gasteiger partial charge in [0.05, 0.1) is 16.3 Å². The lowest BCUT2D eigenvalue weighted by atomic mass is 10.0. The van der Waals surface area contributed by atoms with Crippen molar-refractivity contribution in [2.75, 3.05) is 11.1 Å². The predicted octanol–water partition coefficient (Wildman–Crippen LogP) is 2.85. The third-order valence-corrected chi connectivity index (χ3v) is 5.25. The third-order valence-electron chi connectivity index (χ3n) is 3.48. The normalized spacial score (nSPS) is 18.0. The van der Waals surface area contributed by atoms with Crippen LogP contribution in [-0.2, 0) is 9.84 Å². The van der Waals surface area contributed by atoms with Gasteiger partial charge >= 0.3 is 6.03 Å². The van der Waals surface area contributed by atoms with E-state index < -0.39 is 21.7 Å². The van der Waals surface area contributed by atoms with Crippen molar-refractivity contribution < 1.29 is 17.6 Å². The maximum atomic E-state index is 13.3. The van der Waals surface area contributed by atoms with Crippen molar-refractivity contribution in [2.24, 2.45) is 0 Å². The van der Waals surface area contributed by atoms with Crippen LogP contribution in [0, 0.1) is 5.82 Å². The fourth-order valence-electron chi connectivity index (χ4n) is 2.27. The molecule has 1 aromatic rings. The van der Waals surface area contributed by atoms with Gasteiger partial charge in [-0.25, -0.2) is 17.6 Å². The molecule has 22 heavy (non-hydrogen) atoms. The molecule has 0 bridgehead atoms. The van der Waals surface area contributed by atoms with E-state index in [0.29, 0.717) is 0 Å². The molecule has 0 radical (unpaired) electrons. The Morgan fingerprint density at radius 2 is 2.18 bits per heavy atom. The second-order valence-electron chi connectivity index (χ2n) is 5.11. The first kappa shape index (κ1) is 16.5. The van der Waals surface area contributed by atoms with E-state index in [1.165, 1.54) is 13.0 Å². The highest BCUT2D eigenvalue weighted by atomic mass is 32.2. The number of hydrogen-bond acceptors (Lipinski definition) is 3. The van der Waals surface area contributed by atoms with Gasteiger partial charge in [-0.15, -0.1) is 0 Å². The molecule has 0 saturated heterocycles. The molecule has 7 heteroatoms. The molecule has 2 N–H and O–H groups in total. The first-order chi connectivity index (χ1) is 10.4. The van der Waals surface area contributed by atoms with Gasteiger partial charge in [0.1, 0.15) is 5.82 Å². The molecule has 2 amide bonds. The first-order valence-electron chi connectivity index (χ1n) is 7.19. The van der Waals surface area contributed by atoms with Crippen molar-refractivity contribution in [1.82, 2.24) is 5.32 Å². The Morgan fingerprint density at radius 3 is 2.82 bits per heavy atom. The van der Waals surface area contributed by atoms with E-state index in [1.54, 1.807) is 0 Å². The smallest absolute Gasteiger partial charge is 0.319 e. The van der Waals surface area contributed by atoms with Crippen LogP contribution in [0.1, 0.15) is 26.2 Å². The molecule has 120 valence electrons. The Kier molecular flexibility index (Phi) is 5.18. The van der Waals surface area contributed by atoms with Gasteiger partial charge in [-0.05, 0) is 37.5 Å². The molecule has 1 atom stereocenters. The maximum absolute atomic E-state index is 13.3. The van der Waals surface area contributed by atoms with Gasteiger partial charge in [-0.1, -0.05) is 19.1 Å². The highest BCUT2D eigenvalue weighted by Crippen LogP contribution is 2.23. The highest BCUT2D eigenvalue weighted by molar-refractivity contribution is 7.91. The second kappa shape index (κ2) is 6.91. The number of halogens is 1. The summed E-state index contributed by atoms with van der Waals surface area (Å²) >= 11 is 0. The number of sulfone groups is 1. The molecule has 2 rings (SSSR count). The molecule has 0 heterocycles. The molecule has 1 aromatic carbocycles. The fourth-order valence-corrected chi connectivity index (χ4v) is 3.33. The highest BCUT2D eigenvalue weighted by Gasteiger charge is 2.20. The molecule has 0 aromatic heterocycles. The SMILES string of the molecule is CCS(=O)(=O)c1cc(F)ccc1NC(=O)NC1C=CCCC1. The lowest BCUT2D eigenvalue weighted by molar-refractivity contribution is 0.249. The van der Waals surface area contributed by atoms with E-state index in [9.17, 15) is 17.6 Å². The number of carbonyl (C=O) groups is 1. The Balaban J connectivity index is 2.17. The van der Waals surface area contributed by atoms with Crippen LogP contribution in [0.2, 0.25) is 0 Å². The molecule has 1 aliphatic rings. The lowest BCUT2D eigenvalue weighted by Gasteiger charge is -2.19. The number of amides is 2. The quantitative estimate of drug-likeness (QED) is 0.836. The van der Waals surface area contributed by atoms with Crippen molar-refractivity contribution >= 4 is 21.6 Å². The van der Waals surface area contributed by atoms with E-state index >= 15 is 0 Å². The largest absolute Gasteiger partial charge is 0.332 e. The van der Waals surface area contributed by atoms with Crippen LogP contribution in [0.3, 0.4) is 0 Å². The molecular weight excluding hydrogens is 307 g/mol. The lowest BCUT2D eigenvalue weighted by Crippen LogP contribution is -2.37. The standard InChI is InChI=1S/C15H19FN2O3S/c1-2-22(20,21)14-10-11(16)8-9-13(14)18-15(19)17-12-6-4-3-5-7-12/h4,6,8-10,12H,2-3,5,7H2,1H3,(H2,17,18,19). The van der Waals surface area contributed by atoms with Crippen LogP contribution in [-0.4, -0.2) is 26.2 Å². The van der Waals surface area contributed by atoms with Crippen molar-refractivity contribution in [3.8, 4) is 0 Å². The fraction of sp³-hybridized carbons (Fsp3) is 0.400. The Labute approximate surface area is 129 Å². The van der Waals surface area contributed by atoms with Gasteiger partial charge in [-0.3, -0.25) is 0 Å². The second-order valence-corrected chi connectivity index (χ2v) is 7.35. The number of carbonyl (C=O) groups excluding carboxylic acids is 1. The summed E-state index contributed by atoms with van der Waals surface area (Å²) in [6.07, 6.45) is 6.74. The number of benzene rings is 1. The Hall–Kier alpha value is -1.89. The number of nitrogens with one attached hydrogen (secondary N) is 2. The van der Waals surface area contributed by atoms with Crippen LogP contribution >= 0.6 is 0 Å². The average Bonchev–Trinajstić information content (AvgIpc) is 2.50. The van der Waals surface area contributed by atoms with Gasteiger partial charge in [0.2, 0.25) is 0 Å². The maximum Gasteiger partial charge on any atom is 0.319 e. The van der Waals surface area contributed by atoms with Crippen molar-refractivity contribution in [3.05, 3.63) is 36.2 Å². The molecule has 0 fully saturated rings. The zero-order valence-corrected chi connectivity index (χ0v) is 13.1. The molecule has 0 aliphatic heterocycles. The third kappa shape index (κ3) is 4.07. The molecular formula is C15H19FN2O3S. The molecule has 0 spiro atoms. The van der Waals surface area contributed by atoms with E-state index in [1.807, 2.05) is 12.2 Å². The summed E-state index contributed by atoms with van der Waals surface area (Å²) in [6, 6.07) is 2.73. The van der Waals surface area contributed by atoms with Crippen molar-refractivity contribution in [1.29, 1.82) is 0 Å². The Morgan fingerprint density at radius 1 is 1.41 bits per heavy atom. The summed E-state index contributed by atoms with van der Waals surface area (Å²) in [5, 5.41) is 5.25. The summed E-state index contributed by atoms with van der Waals surface area (Å²) in [7, 11) is -3.63. The Bertz CT molecular complexity index is 686. The summed E-state index contributed by atoms with van der Waals surface area (Å²) in [6.45, 7) is 1.47. The van der Waals surface area contributed by atoms with Gasteiger partial charge in [0.15, 0.2) is 9.84 Å². The van der Waals surface area contributed by atoms with Gasteiger partial charge in [0, 0.05) is 6.04 Å². The average molecular weight is 326 g/mol. The minimum absolute atomic E-state index is 0.0690. The minimum atomic E-state index is -3.63. The minimum Gasteiger partial charge on any atom is -0.332 e. The summed E-state index contributed by atoms with van der Waals surface area (Å²) in [4.78, 5) is 11.8. The van der Waals surface area contributed by atoms with Crippen LogP contribution < -0.4 is 10.6 Å². The van der Waals surface area contributed by atoms with Gasteiger partial charge in [-0.2, -0.15) is 0 Å². The molecule has 0 saturated carbocycles. The summed E-state index contributed by atoms with van der Waals surface area (Å²) in [5.41, 5.74) is 0.0838. The van der Waals surface area contributed by atoms with Crippen LogP contribution in [0.15, 0.2) is 35.2 Å². The van der Waals surface area contributed by atoms with E-state index in [0.717, 1.165) is 31.4 Å². The van der Waals surface area contributed by atoms with Crippen molar-refractivity contribution in [2.45, 2.75) is 37.1 Å². The van der Waals surface area contributed by atoms with Crippen molar-refractivity contribution in [3.63, 3.8) is 0 Å². The molecule has 5 nitrogen and oxygen atoms in total. The van der Waals surface area contributed by atoms with Gasteiger partial charge < -0.3 is 10.6 Å². The van der Waals surface area contributed by atoms with E-state index in [2.05, 4.69) is 10.6 Å².